The van der Waals surface area contributed by atoms with Crippen molar-refractivity contribution in [2.45, 2.75) is 38.1 Å². The van der Waals surface area contributed by atoms with Crippen molar-refractivity contribution in [2.24, 2.45) is 0 Å². The predicted octanol–water partition coefficient (Wildman–Crippen LogP) is 2.87. The molecule has 74 valence electrons. The van der Waals surface area contributed by atoms with Gasteiger partial charge in [0.25, 0.3) is 0 Å². The van der Waals surface area contributed by atoms with E-state index in [0.717, 1.165) is 18.6 Å². The van der Waals surface area contributed by atoms with Crippen LogP contribution in [0.15, 0.2) is 24.3 Å². The van der Waals surface area contributed by atoms with Crippen molar-refractivity contribution < 1.29 is 9.47 Å². The van der Waals surface area contributed by atoms with Gasteiger partial charge >= 0.3 is 0 Å². The van der Waals surface area contributed by atoms with Crippen LogP contribution in [0.3, 0.4) is 0 Å². The number of hydrogen-bond donors (Lipinski definition) is 0. The molecular weight excluding hydrogens is 176 g/mol. The van der Waals surface area contributed by atoms with Gasteiger partial charge in [0.05, 0.1) is 6.61 Å². The second kappa shape index (κ2) is 2.99. The summed E-state index contributed by atoms with van der Waals surface area (Å²) in [7, 11) is 0. The highest BCUT2D eigenvalue weighted by Gasteiger charge is 2.40. The Bertz CT molecular complexity index is 340. The summed E-state index contributed by atoms with van der Waals surface area (Å²) >= 11 is 0. The Balaban J connectivity index is 1.92. The molecule has 1 fully saturated rings. The minimum Gasteiger partial charge on any atom is -0.462 e. The van der Waals surface area contributed by atoms with E-state index in [1.807, 2.05) is 18.2 Å². The Hall–Kier alpha value is -1.02. The van der Waals surface area contributed by atoms with Gasteiger partial charge in [-0.05, 0) is 18.9 Å². The monoisotopic (exact) mass is 190 g/mol. The molecule has 2 aliphatic rings. The van der Waals surface area contributed by atoms with Crippen molar-refractivity contribution >= 4 is 0 Å². The van der Waals surface area contributed by atoms with Crippen molar-refractivity contribution in [3.05, 3.63) is 29.8 Å². The Labute approximate surface area is 83.8 Å². The molecule has 1 aromatic rings. The average Bonchev–Trinajstić information content (AvgIpc) is 2.66. The predicted molar refractivity (Wildman–Crippen MR) is 53.1 cm³/mol. The normalized spacial score (nSPS) is 23.1. The maximum absolute atomic E-state index is 5.96. The SMILES string of the molecule is c1ccc2c(c1)COC1(CCCC1)O2. The van der Waals surface area contributed by atoms with E-state index < -0.39 is 0 Å². The molecule has 0 amide bonds. The second-order valence-electron chi connectivity index (χ2n) is 4.12. The van der Waals surface area contributed by atoms with E-state index in [1.54, 1.807) is 0 Å². The number of benzene rings is 1. The van der Waals surface area contributed by atoms with Gasteiger partial charge in [-0.15, -0.1) is 0 Å². The molecule has 0 unspecified atom stereocenters. The largest absolute Gasteiger partial charge is 0.462 e. The van der Waals surface area contributed by atoms with Crippen LogP contribution in [0.4, 0.5) is 0 Å². The first-order valence-electron chi connectivity index (χ1n) is 5.29. The van der Waals surface area contributed by atoms with Gasteiger partial charge in [0.15, 0.2) is 0 Å². The highest BCUT2D eigenvalue weighted by atomic mass is 16.7. The highest BCUT2D eigenvalue weighted by Crippen LogP contribution is 2.40. The van der Waals surface area contributed by atoms with Crippen LogP contribution in [-0.4, -0.2) is 5.79 Å². The Kier molecular flexibility index (Phi) is 1.77. The maximum Gasteiger partial charge on any atom is 0.210 e. The van der Waals surface area contributed by atoms with Crippen LogP contribution in [0.25, 0.3) is 0 Å². The van der Waals surface area contributed by atoms with Crippen LogP contribution in [0.2, 0.25) is 0 Å². The molecule has 1 saturated carbocycles. The molecule has 0 aromatic heterocycles. The molecule has 0 radical (unpaired) electrons. The summed E-state index contributed by atoms with van der Waals surface area (Å²) in [5, 5.41) is 0. The average molecular weight is 190 g/mol. The van der Waals surface area contributed by atoms with Crippen molar-refractivity contribution in [2.75, 3.05) is 0 Å². The van der Waals surface area contributed by atoms with Crippen molar-refractivity contribution in [1.82, 2.24) is 0 Å². The smallest absolute Gasteiger partial charge is 0.210 e. The zero-order valence-corrected chi connectivity index (χ0v) is 8.16. The van der Waals surface area contributed by atoms with E-state index in [-0.39, 0.29) is 5.79 Å². The van der Waals surface area contributed by atoms with Gasteiger partial charge in [0.2, 0.25) is 5.79 Å². The van der Waals surface area contributed by atoms with Gasteiger partial charge in [-0.2, -0.15) is 0 Å². The third-order valence-corrected chi connectivity index (χ3v) is 3.12. The number of para-hydroxylation sites is 1. The van der Waals surface area contributed by atoms with Crippen molar-refractivity contribution in [1.29, 1.82) is 0 Å². The van der Waals surface area contributed by atoms with Crippen LogP contribution in [-0.2, 0) is 11.3 Å². The molecule has 14 heavy (non-hydrogen) atoms. The molecule has 0 N–H and O–H groups in total. The molecule has 1 aromatic carbocycles. The lowest BCUT2D eigenvalue weighted by Gasteiger charge is -2.35. The Morgan fingerprint density at radius 1 is 1.07 bits per heavy atom. The van der Waals surface area contributed by atoms with E-state index in [1.165, 1.54) is 18.4 Å². The first-order chi connectivity index (χ1) is 6.88. The van der Waals surface area contributed by atoms with E-state index in [2.05, 4.69) is 6.07 Å². The van der Waals surface area contributed by atoms with Crippen LogP contribution < -0.4 is 4.74 Å². The lowest BCUT2D eigenvalue weighted by molar-refractivity contribution is -0.200. The van der Waals surface area contributed by atoms with Gasteiger partial charge < -0.3 is 9.47 Å². The van der Waals surface area contributed by atoms with Crippen LogP contribution in [0.1, 0.15) is 31.2 Å². The molecule has 2 nitrogen and oxygen atoms in total. The Morgan fingerprint density at radius 2 is 1.86 bits per heavy atom. The van der Waals surface area contributed by atoms with Gasteiger partial charge in [0.1, 0.15) is 5.75 Å². The zero-order chi connectivity index (χ0) is 9.43. The van der Waals surface area contributed by atoms with E-state index in [4.69, 9.17) is 9.47 Å². The van der Waals surface area contributed by atoms with Crippen molar-refractivity contribution in [3.8, 4) is 5.75 Å². The molecule has 2 heteroatoms. The molecule has 3 rings (SSSR count). The molecule has 0 atom stereocenters. The fraction of sp³-hybridized carbons (Fsp3) is 0.500. The summed E-state index contributed by atoms with van der Waals surface area (Å²) in [5.74, 6) is 0.731. The van der Waals surface area contributed by atoms with Crippen LogP contribution in [0, 0.1) is 0 Å². The molecule has 1 heterocycles. The molecule has 0 bridgehead atoms. The Morgan fingerprint density at radius 3 is 2.71 bits per heavy atom. The molecule has 1 aliphatic heterocycles. The highest BCUT2D eigenvalue weighted by molar-refractivity contribution is 5.34. The first kappa shape index (κ1) is 8.30. The van der Waals surface area contributed by atoms with E-state index >= 15 is 0 Å². The molecule has 1 spiro atoms. The maximum atomic E-state index is 5.96. The first-order valence-corrected chi connectivity index (χ1v) is 5.29. The number of rotatable bonds is 0. The van der Waals surface area contributed by atoms with E-state index in [0.29, 0.717) is 6.61 Å². The zero-order valence-electron chi connectivity index (χ0n) is 8.16. The number of ether oxygens (including phenoxy) is 2. The van der Waals surface area contributed by atoms with Gasteiger partial charge in [-0.1, -0.05) is 18.2 Å². The summed E-state index contributed by atoms with van der Waals surface area (Å²) in [6, 6.07) is 8.15. The lowest BCUT2D eigenvalue weighted by Crippen LogP contribution is -2.38. The van der Waals surface area contributed by atoms with Crippen LogP contribution in [0.5, 0.6) is 5.75 Å². The fourth-order valence-electron chi connectivity index (χ4n) is 2.32. The second-order valence-corrected chi connectivity index (χ2v) is 4.12. The number of hydrogen-bond acceptors (Lipinski definition) is 2. The fourth-order valence-corrected chi connectivity index (χ4v) is 2.32. The third kappa shape index (κ3) is 1.22. The minimum atomic E-state index is -0.283. The third-order valence-electron chi connectivity index (χ3n) is 3.12. The summed E-state index contributed by atoms with van der Waals surface area (Å²) in [4.78, 5) is 0. The van der Waals surface area contributed by atoms with E-state index in [9.17, 15) is 0 Å². The topological polar surface area (TPSA) is 18.5 Å². The molecular formula is C12H14O2. The van der Waals surface area contributed by atoms with Gasteiger partial charge in [-0.25, -0.2) is 0 Å². The van der Waals surface area contributed by atoms with Crippen LogP contribution >= 0.6 is 0 Å². The summed E-state index contributed by atoms with van der Waals surface area (Å²) in [6.45, 7) is 0.705. The lowest BCUT2D eigenvalue weighted by atomic mass is 10.1. The molecule has 0 saturated heterocycles. The summed E-state index contributed by atoms with van der Waals surface area (Å²) in [5.41, 5.74) is 1.17. The quantitative estimate of drug-likeness (QED) is 0.626. The summed E-state index contributed by atoms with van der Waals surface area (Å²) < 4.78 is 11.8. The summed E-state index contributed by atoms with van der Waals surface area (Å²) in [6.07, 6.45) is 4.53. The minimum absolute atomic E-state index is 0.283. The molecule has 1 aliphatic carbocycles. The van der Waals surface area contributed by atoms with Gasteiger partial charge in [-0.3, -0.25) is 0 Å². The van der Waals surface area contributed by atoms with Crippen molar-refractivity contribution in [3.63, 3.8) is 0 Å². The number of fused-ring (bicyclic) bond motifs is 1. The standard InChI is InChI=1S/C12H14O2/c1-2-6-11-10(5-1)9-13-12(14-11)7-3-4-8-12/h1-2,5-6H,3-4,7-9H2. The van der Waals surface area contributed by atoms with Gasteiger partial charge in [0, 0.05) is 18.4 Å².